The van der Waals surface area contributed by atoms with Crippen LogP contribution in [0.25, 0.3) is 82.7 Å². The molecule has 0 radical (unpaired) electrons. The van der Waals surface area contributed by atoms with Crippen LogP contribution in [0.15, 0.2) is 241 Å². The van der Waals surface area contributed by atoms with Crippen LogP contribution in [0, 0.1) is 0 Å². The fraction of sp³-hybridized carbons (Fsp3) is 0.0323. The summed E-state index contributed by atoms with van der Waals surface area (Å²) in [6, 6.07) is 85.9. The summed E-state index contributed by atoms with van der Waals surface area (Å²) < 4.78 is 8.98. The molecule has 0 N–H and O–H groups in total. The fourth-order valence-corrected chi connectivity index (χ4v) is 10.7. The van der Waals surface area contributed by atoms with Gasteiger partial charge in [-0.15, -0.1) is 0 Å². The minimum Gasteiger partial charge on any atom is -0.456 e. The highest BCUT2D eigenvalue weighted by Gasteiger charge is 2.37. The monoisotopic (exact) mass is 830 g/mol. The van der Waals surface area contributed by atoms with Crippen molar-refractivity contribution in [3.63, 3.8) is 0 Å². The molecule has 0 saturated heterocycles. The Kier molecular flexibility index (Phi) is 8.67. The summed E-state index contributed by atoms with van der Waals surface area (Å²) in [5.41, 5.74) is 19.0. The van der Waals surface area contributed by atoms with E-state index in [0.717, 1.165) is 45.4 Å². The van der Waals surface area contributed by atoms with E-state index in [1.807, 2.05) is 6.07 Å². The lowest BCUT2D eigenvalue weighted by atomic mass is 9.89. The number of anilines is 3. The summed E-state index contributed by atoms with van der Waals surface area (Å²) in [7, 11) is 0. The SMILES string of the molecule is c1ccc(CC2c3cccc(-c4ccc(N(c5ccc(-c6cccc7ccccc67)cc5)c5cccc6oc7ccccc7c56)cc4)c3-c3c2n(-c2ccccc2)c2ccccc32)cc1. The standard InChI is InChI=1S/C62H42N2O/c1-3-16-41(17-4-1)40-54-51-27-14-26-50(59(51)61-52-23-9-11-28-55(52)64(62(54)61)45-20-5-2-6-21-45)44-34-38-47(39-35-44)63(56-29-15-31-58-60(56)53-24-10-12-30-57(53)65-58)46-36-32-43(33-37-46)49-25-13-19-42-18-7-8-22-48(42)49/h1-39,54H,40H2. The van der Waals surface area contributed by atoms with Crippen LogP contribution < -0.4 is 4.90 Å². The molecule has 306 valence electrons. The van der Waals surface area contributed by atoms with E-state index in [0.29, 0.717) is 0 Å². The van der Waals surface area contributed by atoms with Crippen LogP contribution in [0.5, 0.6) is 0 Å². The zero-order chi connectivity index (χ0) is 42.8. The Morgan fingerprint density at radius 2 is 1.02 bits per heavy atom. The summed E-state index contributed by atoms with van der Waals surface area (Å²) in [6.45, 7) is 0. The predicted octanol–water partition coefficient (Wildman–Crippen LogP) is 16.8. The molecule has 1 aliphatic rings. The first kappa shape index (κ1) is 37.2. The Labute approximate surface area is 377 Å². The number of hydrogen-bond donors (Lipinski definition) is 0. The zero-order valence-electron chi connectivity index (χ0n) is 35.6. The molecule has 1 aliphatic carbocycles. The van der Waals surface area contributed by atoms with Crippen molar-refractivity contribution in [2.75, 3.05) is 4.90 Å². The number of fused-ring (bicyclic) bond motifs is 9. The van der Waals surface area contributed by atoms with Gasteiger partial charge in [-0.1, -0.05) is 176 Å². The van der Waals surface area contributed by atoms with Crippen LogP contribution in [0.1, 0.15) is 22.7 Å². The summed E-state index contributed by atoms with van der Waals surface area (Å²) >= 11 is 0. The highest BCUT2D eigenvalue weighted by atomic mass is 16.3. The van der Waals surface area contributed by atoms with Crippen molar-refractivity contribution in [2.24, 2.45) is 0 Å². The largest absolute Gasteiger partial charge is 0.456 e. The first-order valence-corrected chi connectivity index (χ1v) is 22.5. The molecule has 2 aromatic heterocycles. The van der Waals surface area contributed by atoms with Crippen molar-refractivity contribution >= 4 is 60.7 Å². The third-order valence-corrected chi connectivity index (χ3v) is 13.5. The molecule has 2 heterocycles. The topological polar surface area (TPSA) is 21.3 Å². The van der Waals surface area contributed by atoms with Gasteiger partial charge in [-0.05, 0) is 117 Å². The van der Waals surface area contributed by atoms with Crippen LogP contribution in [-0.4, -0.2) is 4.57 Å². The lowest BCUT2D eigenvalue weighted by Gasteiger charge is -2.27. The smallest absolute Gasteiger partial charge is 0.137 e. The van der Waals surface area contributed by atoms with Crippen molar-refractivity contribution in [2.45, 2.75) is 12.3 Å². The molecule has 13 rings (SSSR count). The normalized spacial score (nSPS) is 13.1. The van der Waals surface area contributed by atoms with Gasteiger partial charge >= 0.3 is 0 Å². The van der Waals surface area contributed by atoms with E-state index in [-0.39, 0.29) is 5.92 Å². The third kappa shape index (κ3) is 6.04. The van der Waals surface area contributed by atoms with E-state index >= 15 is 0 Å². The van der Waals surface area contributed by atoms with Gasteiger partial charge in [-0.3, -0.25) is 0 Å². The number of rotatable bonds is 8. The number of aromatic nitrogens is 1. The Morgan fingerprint density at radius 1 is 0.431 bits per heavy atom. The lowest BCUT2D eigenvalue weighted by molar-refractivity contribution is 0.669. The molecule has 0 bridgehead atoms. The maximum Gasteiger partial charge on any atom is 0.137 e. The fourth-order valence-electron chi connectivity index (χ4n) is 10.7. The lowest BCUT2D eigenvalue weighted by Crippen LogP contribution is -2.10. The van der Waals surface area contributed by atoms with Crippen LogP contribution in [0.3, 0.4) is 0 Å². The van der Waals surface area contributed by atoms with Gasteiger partial charge in [0.15, 0.2) is 0 Å². The van der Waals surface area contributed by atoms with Gasteiger partial charge in [0.05, 0.1) is 16.6 Å². The molecule has 1 unspecified atom stereocenters. The first-order valence-electron chi connectivity index (χ1n) is 22.5. The molecule has 3 heteroatoms. The molecule has 0 aliphatic heterocycles. The average molecular weight is 831 g/mol. The minimum atomic E-state index is 0.173. The van der Waals surface area contributed by atoms with E-state index in [2.05, 4.69) is 240 Å². The zero-order valence-corrected chi connectivity index (χ0v) is 35.6. The van der Waals surface area contributed by atoms with Gasteiger partial charge in [-0.25, -0.2) is 0 Å². The second kappa shape index (κ2) is 15.1. The second-order valence-electron chi connectivity index (χ2n) is 17.2. The van der Waals surface area contributed by atoms with Crippen LogP contribution in [0.4, 0.5) is 17.1 Å². The molecule has 65 heavy (non-hydrogen) atoms. The molecule has 1 atom stereocenters. The maximum absolute atomic E-state index is 6.46. The third-order valence-electron chi connectivity index (χ3n) is 13.5. The molecule has 12 aromatic rings. The Bertz CT molecular complexity index is 3730. The van der Waals surface area contributed by atoms with E-state index < -0.39 is 0 Å². The molecular weight excluding hydrogens is 789 g/mol. The predicted molar refractivity (Wildman–Crippen MR) is 271 cm³/mol. The molecule has 3 nitrogen and oxygen atoms in total. The number of nitrogens with zero attached hydrogens (tertiary/aromatic N) is 2. The van der Waals surface area contributed by atoms with Gasteiger partial charge < -0.3 is 13.9 Å². The van der Waals surface area contributed by atoms with Crippen LogP contribution >= 0.6 is 0 Å². The summed E-state index contributed by atoms with van der Waals surface area (Å²) in [5, 5.41) is 5.97. The first-order chi connectivity index (χ1) is 32.3. The molecule has 0 amide bonds. The number of benzene rings is 10. The number of furan rings is 1. The van der Waals surface area contributed by atoms with Gasteiger partial charge in [0, 0.05) is 45.0 Å². The minimum absolute atomic E-state index is 0.173. The molecule has 0 spiro atoms. The Morgan fingerprint density at radius 3 is 1.80 bits per heavy atom. The van der Waals surface area contributed by atoms with Crippen molar-refractivity contribution in [3.05, 3.63) is 253 Å². The van der Waals surface area contributed by atoms with Crippen molar-refractivity contribution < 1.29 is 4.42 Å². The highest BCUT2D eigenvalue weighted by molar-refractivity contribution is 6.13. The van der Waals surface area contributed by atoms with Gasteiger partial charge in [0.1, 0.15) is 11.2 Å². The molecule has 10 aromatic carbocycles. The Hall–Kier alpha value is -8.40. The molecule has 0 saturated carbocycles. The van der Waals surface area contributed by atoms with E-state index in [1.165, 1.54) is 77.6 Å². The molecule has 0 fully saturated rings. The van der Waals surface area contributed by atoms with E-state index in [1.54, 1.807) is 0 Å². The number of hydrogen-bond acceptors (Lipinski definition) is 2. The summed E-state index contributed by atoms with van der Waals surface area (Å²) in [4.78, 5) is 2.39. The summed E-state index contributed by atoms with van der Waals surface area (Å²) in [5.74, 6) is 0.173. The van der Waals surface area contributed by atoms with E-state index in [9.17, 15) is 0 Å². The quantitative estimate of drug-likeness (QED) is 0.152. The second-order valence-corrected chi connectivity index (χ2v) is 17.2. The van der Waals surface area contributed by atoms with Gasteiger partial charge in [0.2, 0.25) is 0 Å². The maximum atomic E-state index is 6.46. The van der Waals surface area contributed by atoms with Crippen molar-refractivity contribution in [3.8, 4) is 39.1 Å². The van der Waals surface area contributed by atoms with Gasteiger partial charge in [0.25, 0.3) is 0 Å². The summed E-state index contributed by atoms with van der Waals surface area (Å²) in [6.07, 6.45) is 0.912. The Balaban J connectivity index is 0.975. The van der Waals surface area contributed by atoms with Crippen LogP contribution in [-0.2, 0) is 6.42 Å². The van der Waals surface area contributed by atoms with Crippen molar-refractivity contribution in [1.29, 1.82) is 0 Å². The van der Waals surface area contributed by atoms with E-state index in [4.69, 9.17) is 4.42 Å². The number of para-hydroxylation sites is 3. The average Bonchev–Trinajstić information content (AvgIpc) is 4.03. The van der Waals surface area contributed by atoms with Gasteiger partial charge in [-0.2, -0.15) is 0 Å². The van der Waals surface area contributed by atoms with Crippen molar-refractivity contribution in [1.82, 2.24) is 4.57 Å². The van der Waals surface area contributed by atoms with Crippen LogP contribution in [0.2, 0.25) is 0 Å². The highest BCUT2D eigenvalue weighted by Crippen LogP contribution is 2.55. The molecular formula is C62H42N2O.